The van der Waals surface area contributed by atoms with Gasteiger partial charge in [0.25, 0.3) is 0 Å². The van der Waals surface area contributed by atoms with Crippen LogP contribution in [0.15, 0.2) is 47.5 Å². The molecule has 0 bridgehead atoms. The molecule has 2 aromatic carbocycles. The summed E-state index contributed by atoms with van der Waals surface area (Å²) in [7, 11) is 1.60. The summed E-state index contributed by atoms with van der Waals surface area (Å²) in [5.74, 6) is 0.153. The number of ether oxygens (including phenoxy) is 1. The first-order valence-electron chi connectivity index (χ1n) is 8.87. The molecule has 1 atom stereocenters. The molecule has 1 heterocycles. The predicted octanol–water partition coefficient (Wildman–Crippen LogP) is 4.86. The molecule has 0 radical (unpaired) electrons. The van der Waals surface area contributed by atoms with Crippen molar-refractivity contribution in [2.24, 2.45) is 4.99 Å². The molecular formula is C20H19Cl2N3O3S. The Labute approximate surface area is 183 Å². The van der Waals surface area contributed by atoms with Gasteiger partial charge in [0, 0.05) is 29.2 Å². The van der Waals surface area contributed by atoms with E-state index in [1.165, 1.54) is 16.7 Å². The van der Waals surface area contributed by atoms with Crippen LogP contribution in [0.2, 0.25) is 10.0 Å². The van der Waals surface area contributed by atoms with Crippen LogP contribution < -0.4 is 15.0 Å². The Kier molecular flexibility index (Phi) is 7.05. The molecule has 3 rings (SSSR count). The van der Waals surface area contributed by atoms with Gasteiger partial charge in [0.15, 0.2) is 5.17 Å². The Morgan fingerprint density at radius 2 is 1.86 bits per heavy atom. The summed E-state index contributed by atoms with van der Waals surface area (Å²) in [6.07, 6.45) is 0.0910. The quantitative estimate of drug-likeness (QED) is 0.399. The summed E-state index contributed by atoms with van der Waals surface area (Å²) in [6, 6.07) is 11.9. The fourth-order valence-corrected chi connectivity index (χ4v) is 4.36. The van der Waals surface area contributed by atoms with E-state index < -0.39 is 5.25 Å². The van der Waals surface area contributed by atoms with E-state index in [-0.39, 0.29) is 18.2 Å². The van der Waals surface area contributed by atoms with Crippen LogP contribution in [0.3, 0.4) is 0 Å². The van der Waals surface area contributed by atoms with Crippen LogP contribution in [0.25, 0.3) is 0 Å². The number of thioether (sulfide) groups is 1. The average Bonchev–Trinajstić information content (AvgIpc) is 2.94. The first-order valence-corrected chi connectivity index (χ1v) is 10.5. The van der Waals surface area contributed by atoms with Crippen molar-refractivity contribution in [2.45, 2.75) is 18.6 Å². The van der Waals surface area contributed by atoms with E-state index in [0.29, 0.717) is 38.9 Å². The highest BCUT2D eigenvalue weighted by Gasteiger charge is 2.40. The molecule has 0 aromatic heterocycles. The fraction of sp³-hybridized carbons (Fsp3) is 0.250. The van der Waals surface area contributed by atoms with Crippen molar-refractivity contribution >= 4 is 63.3 Å². The first kappa shape index (κ1) is 21.5. The zero-order chi connectivity index (χ0) is 21.0. The van der Waals surface area contributed by atoms with Gasteiger partial charge in [-0.3, -0.25) is 14.6 Å². The normalized spacial score (nSPS) is 17.0. The van der Waals surface area contributed by atoms with Gasteiger partial charge in [-0.25, -0.2) is 4.90 Å². The topological polar surface area (TPSA) is 71.0 Å². The molecule has 2 amide bonds. The number of carbonyl (C=O) groups excluding carboxylic acids is 2. The Morgan fingerprint density at radius 1 is 1.21 bits per heavy atom. The van der Waals surface area contributed by atoms with Gasteiger partial charge in [-0.2, -0.15) is 0 Å². The van der Waals surface area contributed by atoms with E-state index in [4.69, 9.17) is 27.9 Å². The van der Waals surface area contributed by atoms with Crippen molar-refractivity contribution < 1.29 is 14.3 Å². The molecule has 0 aliphatic carbocycles. The standard InChI is InChI=1S/C20H19Cl2N3O3S/c1-3-28-16-6-4-15(5-7-16)25-18(26)11-17(19(25)27)29-20(23-2)24-14-9-12(21)8-13(22)10-14/h4-10,17H,3,11H2,1-2H3,(H,23,24)/t17-/m0/s1. The number of rotatable bonds is 5. The first-order chi connectivity index (χ1) is 13.9. The minimum absolute atomic E-state index is 0.0910. The molecule has 9 heteroatoms. The molecule has 1 aliphatic rings. The smallest absolute Gasteiger partial charge is 0.247 e. The van der Waals surface area contributed by atoms with Gasteiger partial charge in [0.2, 0.25) is 11.8 Å². The summed E-state index contributed by atoms with van der Waals surface area (Å²) in [5.41, 5.74) is 1.17. The lowest BCUT2D eigenvalue weighted by Crippen LogP contribution is -2.31. The van der Waals surface area contributed by atoms with Crippen LogP contribution in [0, 0.1) is 0 Å². The summed E-state index contributed by atoms with van der Waals surface area (Å²) in [4.78, 5) is 30.7. The van der Waals surface area contributed by atoms with Gasteiger partial charge in [0.1, 0.15) is 11.0 Å². The molecule has 1 fully saturated rings. The molecular weight excluding hydrogens is 433 g/mol. The Morgan fingerprint density at radius 3 is 2.45 bits per heavy atom. The molecule has 1 saturated heterocycles. The summed E-state index contributed by atoms with van der Waals surface area (Å²) in [6.45, 7) is 2.44. The lowest BCUT2D eigenvalue weighted by atomic mass is 10.3. The number of anilines is 2. The zero-order valence-electron chi connectivity index (χ0n) is 15.8. The molecule has 29 heavy (non-hydrogen) atoms. The lowest BCUT2D eigenvalue weighted by molar-refractivity contribution is -0.121. The van der Waals surface area contributed by atoms with Crippen LogP contribution in [0.4, 0.5) is 11.4 Å². The second kappa shape index (κ2) is 9.52. The third kappa shape index (κ3) is 5.23. The van der Waals surface area contributed by atoms with Gasteiger partial charge in [-0.15, -0.1) is 0 Å². The highest BCUT2D eigenvalue weighted by molar-refractivity contribution is 8.15. The average molecular weight is 452 g/mol. The Bertz CT molecular complexity index is 930. The number of amides is 2. The van der Waals surface area contributed by atoms with Crippen molar-refractivity contribution in [3.63, 3.8) is 0 Å². The highest BCUT2D eigenvalue weighted by Crippen LogP contribution is 2.32. The number of nitrogens with one attached hydrogen (secondary N) is 1. The van der Waals surface area contributed by atoms with Crippen LogP contribution in [0.1, 0.15) is 13.3 Å². The predicted molar refractivity (Wildman–Crippen MR) is 120 cm³/mol. The minimum Gasteiger partial charge on any atom is -0.494 e. The number of aliphatic imine (C=N–C) groups is 1. The lowest BCUT2D eigenvalue weighted by Gasteiger charge is -2.16. The molecule has 2 aromatic rings. The van der Waals surface area contributed by atoms with E-state index in [2.05, 4.69) is 10.3 Å². The van der Waals surface area contributed by atoms with Crippen molar-refractivity contribution in [3.05, 3.63) is 52.5 Å². The molecule has 152 valence electrons. The van der Waals surface area contributed by atoms with E-state index in [1.807, 2.05) is 6.92 Å². The monoisotopic (exact) mass is 451 g/mol. The molecule has 0 unspecified atom stereocenters. The maximum absolute atomic E-state index is 12.9. The number of amidine groups is 1. The van der Waals surface area contributed by atoms with Crippen LogP contribution in [0.5, 0.6) is 5.75 Å². The van der Waals surface area contributed by atoms with E-state index in [0.717, 1.165) is 0 Å². The second-order valence-corrected chi connectivity index (χ2v) is 8.18. The van der Waals surface area contributed by atoms with E-state index in [9.17, 15) is 9.59 Å². The molecule has 1 aliphatic heterocycles. The summed E-state index contributed by atoms with van der Waals surface area (Å²) >= 11 is 13.2. The third-order valence-electron chi connectivity index (χ3n) is 4.08. The SMILES string of the molecule is CCOc1ccc(N2C(=O)C[C@H](SC(=NC)Nc3cc(Cl)cc(Cl)c3)C2=O)cc1. The number of benzene rings is 2. The third-order valence-corrected chi connectivity index (χ3v) is 5.68. The van der Waals surface area contributed by atoms with Gasteiger partial charge >= 0.3 is 0 Å². The molecule has 0 spiro atoms. The maximum Gasteiger partial charge on any atom is 0.247 e. The highest BCUT2D eigenvalue weighted by atomic mass is 35.5. The van der Waals surface area contributed by atoms with Crippen LogP contribution >= 0.6 is 35.0 Å². The number of nitrogens with zero attached hydrogens (tertiary/aromatic N) is 2. The van der Waals surface area contributed by atoms with Crippen molar-refractivity contribution in [3.8, 4) is 5.75 Å². The van der Waals surface area contributed by atoms with Crippen molar-refractivity contribution in [1.82, 2.24) is 0 Å². The summed E-state index contributed by atoms with van der Waals surface area (Å²) in [5, 5.41) is 3.97. The number of carbonyl (C=O) groups is 2. The molecule has 0 saturated carbocycles. The number of hydrogen-bond donors (Lipinski definition) is 1. The van der Waals surface area contributed by atoms with Gasteiger partial charge in [-0.05, 0) is 49.4 Å². The van der Waals surface area contributed by atoms with Gasteiger partial charge in [0.05, 0.1) is 12.3 Å². The van der Waals surface area contributed by atoms with Crippen molar-refractivity contribution in [2.75, 3.05) is 23.9 Å². The zero-order valence-corrected chi connectivity index (χ0v) is 18.1. The van der Waals surface area contributed by atoms with Gasteiger partial charge in [-0.1, -0.05) is 35.0 Å². The van der Waals surface area contributed by atoms with Crippen LogP contribution in [-0.2, 0) is 9.59 Å². The second-order valence-electron chi connectivity index (χ2n) is 6.12. The van der Waals surface area contributed by atoms with Gasteiger partial charge < -0.3 is 10.1 Å². The molecule has 6 nitrogen and oxygen atoms in total. The molecule has 1 N–H and O–H groups in total. The summed E-state index contributed by atoms with van der Waals surface area (Å²) < 4.78 is 5.40. The van der Waals surface area contributed by atoms with Crippen LogP contribution in [-0.4, -0.2) is 35.9 Å². The maximum atomic E-state index is 12.9. The van der Waals surface area contributed by atoms with E-state index in [1.54, 1.807) is 49.5 Å². The van der Waals surface area contributed by atoms with E-state index >= 15 is 0 Å². The number of imide groups is 1. The Balaban J connectivity index is 1.71. The van der Waals surface area contributed by atoms with Crippen molar-refractivity contribution in [1.29, 1.82) is 0 Å². The number of halogens is 2. The minimum atomic E-state index is -0.574. The fourth-order valence-electron chi connectivity index (χ4n) is 2.85. The largest absolute Gasteiger partial charge is 0.494 e. The Hall–Kier alpha value is -2.22. The number of hydrogen-bond acceptors (Lipinski definition) is 5.